The van der Waals surface area contributed by atoms with E-state index in [9.17, 15) is 23.5 Å². The summed E-state index contributed by atoms with van der Waals surface area (Å²) in [5.41, 5.74) is -0.340. The molecular weight excluding hydrogens is 422 g/mol. The molecule has 1 saturated carbocycles. The van der Waals surface area contributed by atoms with E-state index in [1.807, 2.05) is 0 Å². The summed E-state index contributed by atoms with van der Waals surface area (Å²) in [6.07, 6.45) is 3.73. The van der Waals surface area contributed by atoms with E-state index in [1.54, 1.807) is 13.2 Å². The summed E-state index contributed by atoms with van der Waals surface area (Å²) in [6, 6.07) is 3.42. The van der Waals surface area contributed by atoms with Crippen molar-refractivity contribution in [2.24, 2.45) is 7.05 Å². The molecule has 3 aromatic rings. The summed E-state index contributed by atoms with van der Waals surface area (Å²) in [4.78, 5) is 29.8. The van der Waals surface area contributed by atoms with Crippen molar-refractivity contribution in [3.8, 4) is 16.9 Å². The van der Waals surface area contributed by atoms with Gasteiger partial charge in [-0.15, -0.1) is 0 Å². The molecule has 11 heteroatoms. The number of alkyl halides is 2. The van der Waals surface area contributed by atoms with Gasteiger partial charge in [0.25, 0.3) is 17.9 Å². The third kappa shape index (κ3) is 4.42. The van der Waals surface area contributed by atoms with E-state index < -0.39 is 35.7 Å². The molecule has 4 rings (SSSR count). The second kappa shape index (κ2) is 8.95. The van der Waals surface area contributed by atoms with E-state index >= 15 is 0 Å². The Hall–Kier alpha value is -3.47. The Morgan fingerprint density at radius 1 is 1.25 bits per heavy atom. The fourth-order valence-electron chi connectivity index (χ4n) is 3.70. The first-order chi connectivity index (χ1) is 15.3. The van der Waals surface area contributed by atoms with E-state index in [4.69, 9.17) is 0 Å². The van der Waals surface area contributed by atoms with Crippen LogP contribution in [0.2, 0.25) is 0 Å². The van der Waals surface area contributed by atoms with Crippen molar-refractivity contribution in [1.29, 1.82) is 0 Å². The predicted molar refractivity (Wildman–Crippen MR) is 111 cm³/mol. The molecule has 0 aromatic carbocycles. The van der Waals surface area contributed by atoms with Crippen LogP contribution < -0.4 is 10.9 Å². The van der Waals surface area contributed by atoms with Gasteiger partial charge in [0.1, 0.15) is 16.9 Å². The minimum absolute atomic E-state index is 0.186. The monoisotopic (exact) mass is 444 g/mol. The van der Waals surface area contributed by atoms with Gasteiger partial charge >= 0.3 is 0 Å². The third-order valence-electron chi connectivity index (χ3n) is 5.44. The summed E-state index contributed by atoms with van der Waals surface area (Å²) in [5.74, 6) is -0.639. The molecule has 2 atom stereocenters. The highest BCUT2D eigenvalue weighted by atomic mass is 19.3. The molecule has 9 nitrogen and oxygen atoms in total. The number of rotatable bonds is 5. The first-order valence-electron chi connectivity index (χ1n) is 10.2. The molecule has 1 amide bonds. The molecule has 2 N–H and O–H groups in total. The van der Waals surface area contributed by atoms with Crippen LogP contribution >= 0.6 is 0 Å². The van der Waals surface area contributed by atoms with Crippen LogP contribution in [0.15, 0.2) is 41.6 Å². The molecule has 1 aliphatic rings. The Morgan fingerprint density at radius 3 is 2.66 bits per heavy atom. The SMILES string of the molecule is Cn1cc(-n2nc(-c3ccc(C(F)F)nc3)cc(C(=O)NC3CCCCC3O)c2=O)cn1. The maximum Gasteiger partial charge on any atom is 0.284 e. The Bertz CT molecular complexity index is 1180. The Kier molecular flexibility index (Phi) is 6.08. The summed E-state index contributed by atoms with van der Waals surface area (Å²) in [5, 5.41) is 21.3. The van der Waals surface area contributed by atoms with Gasteiger partial charge in [0, 0.05) is 18.8 Å². The minimum Gasteiger partial charge on any atom is -0.391 e. The van der Waals surface area contributed by atoms with Gasteiger partial charge in [0.05, 0.1) is 30.2 Å². The highest BCUT2D eigenvalue weighted by Crippen LogP contribution is 2.22. The van der Waals surface area contributed by atoms with Crippen molar-refractivity contribution < 1.29 is 18.7 Å². The summed E-state index contributed by atoms with van der Waals surface area (Å²) in [7, 11) is 1.67. The molecule has 1 fully saturated rings. The molecule has 168 valence electrons. The average molecular weight is 444 g/mol. The Morgan fingerprint density at radius 2 is 2.03 bits per heavy atom. The smallest absolute Gasteiger partial charge is 0.284 e. The van der Waals surface area contributed by atoms with E-state index in [-0.39, 0.29) is 11.3 Å². The Labute approximate surface area is 181 Å². The Balaban J connectivity index is 1.77. The fraction of sp³-hybridized carbons (Fsp3) is 0.381. The third-order valence-corrected chi connectivity index (χ3v) is 5.44. The van der Waals surface area contributed by atoms with Crippen LogP contribution in [0, 0.1) is 0 Å². The number of aryl methyl sites for hydroxylation is 1. The lowest BCUT2D eigenvalue weighted by molar-refractivity contribution is 0.0716. The van der Waals surface area contributed by atoms with Gasteiger partial charge in [0.15, 0.2) is 0 Å². The molecule has 0 aliphatic heterocycles. The fourth-order valence-corrected chi connectivity index (χ4v) is 3.70. The van der Waals surface area contributed by atoms with E-state index in [2.05, 4.69) is 20.5 Å². The number of pyridine rings is 1. The number of aromatic nitrogens is 5. The van der Waals surface area contributed by atoms with Crippen LogP contribution in [0.1, 0.15) is 48.2 Å². The number of hydrogen-bond acceptors (Lipinski definition) is 6. The average Bonchev–Trinajstić information content (AvgIpc) is 3.21. The van der Waals surface area contributed by atoms with Crippen LogP contribution in [0.25, 0.3) is 16.9 Å². The summed E-state index contributed by atoms with van der Waals surface area (Å²) in [6.45, 7) is 0. The number of amides is 1. The van der Waals surface area contributed by atoms with Crippen molar-refractivity contribution >= 4 is 5.91 Å². The van der Waals surface area contributed by atoms with Crippen LogP contribution in [0.5, 0.6) is 0 Å². The van der Waals surface area contributed by atoms with Gasteiger partial charge < -0.3 is 10.4 Å². The number of halogens is 2. The second-order valence-corrected chi connectivity index (χ2v) is 7.74. The lowest BCUT2D eigenvalue weighted by Gasteiger charge is -2.28. The van der Waals surface area contributed by atoms with Gasteiger partial charge in [-0.3, -0.25) is 19.3 Å². The standard InChI is InChI=1S/C21H22F2N6O3/c1-28-11-13(10-25-28)29-21(32)14(20(31)26-15-4-2-3-5-18(15)30)8-17(27-29)12-6-7-16(19(22)23)24-9-12/h6-11,15,18-19,30H,2-5H2,1H3,(H,26,31). The molecule has 0 bridgehead atoms. The summed E-state index contributed by atoms with van der Waals surface area (Å²) >= 11 is 0. The lowest BCUT2D eigenvalue weighted by atomic mass is 9.92. The highest BCUT2D eigenvalue weighted by Gasteiger charge is 2.27. The van der Waals surface area contributed by atoms with E-state index in [1.165, 1.54) is 35.3 Å². The van der Waals surface area contributed by atoms with E-state index in [0.29, 0.717) is 24.1 Å². The van der Waals surface area contributed by atoms with Crippen molar-refractivity contribution in [3.63, 3.8) is 0 Å². The molecule has 2 unspecified atom stereocenters. The topological polar surface area (TPSA) is 115 Å². The van der Waals surface area contributed by atoms with Crippen LogP contribution in [-0.4, -0.2) is 47.7 Å². The van der Waals surface area contributed by atoms with Gasteiger partial charge in [-0.25, -0.2) is 8.78 Å². The number of nitrogens with zero attached hydrogens (tertiary/aromatic N) is 5. The predicted octanol–water partition coefficient (Wildman–Crippen LogP) is 2.00. The largest absolute Gasteiger partial charge is 0.391 e. The maximum atomic E-state index is 13.1. The first-order valence-corrected chi connectivity index (χ1v) is 10.2. The van der Waals surface area contributed by atoms with E-state index in [0.717, 1.165) is 17.5 Å². The number of carbonyl (C=O) groups is 1. The van der Waals surface area contributed by atoms with Crippen molar-refractivity contribution in [2.75, 3.05) is 0 Å². The molecule has 0 spiro atoms. The van der Waals surface area contributed by atoms with Crippen molar-refractivity contribution in [2.45, 2.75) is 44.3 Å². The highest BCUT2D eigenvalue weighted by molar-refractivity contribution is 5.95. The molecule has 3 aromatic heterocycles. The summed E-state index contributed by atoms with van der Waals surface area (Å²) < 4.78 is 28.2. The number of hydrogen-bond donors (Lipinski definition) is 2. The first kappa shape index (κ1) is 21.8. The van der Waals surface area contributed by atoms with Crippen LogP contribution in [0.3, 0.4) is 0 Å². The molecule has 1 aliphatic carbocycles. The number of aliphatic hydroxyl groups excluding tert-OH is 1. The number of nitrogens with one attached hydrogen (secondary N) is 1. The van der Waals surface area contributed by atoms with Gasteiger partial charge in [-0.2, -0.15) is 14.9 Å². The zero-order valence-electron chi connectivity index (χ0n) is 17.3. The number of carbonyl (C=O) groups excluding carboxylic acids is 1. The molecule has 0 saturated heterocycles. The molecule has 32 heavy (non-hydrogen) atoms. The van der Waals surface area contributed by atoms with Gasteiger partial charge in [-0.05, 0) is 31.0 Å². The molecular formula is C21H22F2N6O3. The van der Waals surface area contributed by atoms with Crippen molar-refractivity contribution in [1.82, 2.24) is 29.9 Å². The van der Waals surface area contributed by atoms with Gasteiger partial charge in [-0.1, -0.05) is 12.8 Å². The van der Waals surface area contributed by atoms with Crippen LogP contribution in [0.4, 0.5) is 8.78 Å². The van der Waals surface area contributed by atoms with Gasteiger partial charge in [0.2, 0.25) is 0 Å². The lowest BCUT2D eigenvalue weighted by Crippen LogP contribution is -2.46. The maximum absolute atomic E-state index is 13.1. The number of aliphatic hydroxyl groups is 1. The molecule has 3 heterocycles. The molecule has 0 radical (unpaired) electrons. The zero-order chi connectivity index (χ0) is 22.8. The van der Waals surface area contributed by atoms with Crippen LogP contribution in [-0.2, 0) is 7.05 Å². The minimum atomic E-state index is -2.72. The van der Waals surface area contributed by atoms with Crippen molar-refractivity contribution in [3.05, 3.63) is 58.4 Å². The zero-order valence-corrected chi connectivity index (χ0v) is 17.3. The quantitative estimate of drug-likeness (QED) is 0.622. The normalized spacial score (nSPS) is 18.7. The second-order valence-electron chi connectivity index (χ2n) is 7.74.